The number of hydrogen-bond donors (Lipinski definition) is 1. The molecular formula is C26H22BrClN4O3S2. The Labute approximate surface area is 235 Å². The van der Waals surface area contributed by atoms with Crippen LogP contribution in [0.15, 0.2) is 62.0 Å². The molecule has 0 radical (unpaired) electrons. The Morgan fingerprint density at radius 1 is 1.27 bits per heavy atom. The first-order valence-corrected chi connectivity index (χ1v) is 14.5. The lowest BCUT2D eigenvalue weighted by Crippen LogP contribution is -2.24. The number of methoxy groups -OCH3 is 1. The summed E-state index contributed by atoms with van der Waals surface area (Å²) in [4.78, 5) is 33.2. The summed E-state index contributed by atoms with van der Waals surface area (Å²) in [6.45, 7) is 0. The van der Waals surface area contributed by atoms with Gasteiger partial charge in [-0.1, -0.05) is 39.3 Å². The topological polar surface area (TPSA) is 85.6 Å². The van der Waals surface area contributed by atoms with Crippen LogP contribution in [-0.4, -0.2) is 34.5 Å². The maximum atomic E-state index is 13.8. The second-order valence-electron chi connectivity index (χ2n) is 8.37. The molecule has 1 N–H and O–H groups in total. The van der Waals surface area contributed by atoms with Crippen LogP contribution >= 0.6 is 50.6 Å². The Bertz CT molecular complexity index is 1570. The highest BCUT2D eigenvalue weighted by Gasteiger charge is 2.23. The van der Waals surface area contributed by atoms with Crippen molar-refractivity contribution in [3.05, 3.63) is 78.3 Å². The number of hydrogen-bond acceptors (Lipinski definition) is 7. The summed E-state index contributed by atoms with van der Waals surface area (Å²) < 4.78 is 7.77. The zero-order valence-electron chi connectivity index (χ0n) is 19.8. The summed E-state index contributed by atoms with van der Waals surface area (Å²) >= 11 is 12.3. The van der Waals surface area contributed by atoms with Gasteiger partial charge in [0, 0.05) is 19.9 Å². The van der Waals surface area contributed by atoms with Crippen LogP contribution in [0.5, 0.6) is 5.75 Å². The van der Waals surface area contributed by atoms with Crippen molar-refractivity contribution in [2.75, 3.05) is 12.9 Å². The normalized spacial score (nSPS) is 13.2. The predicted octanol–water partition coefficient (Wildman–Crippen LogP) is 5.99. The Kier molecular flexibility index (Phi) is 7.99. The Hall–Kier alpha value is -2.66. The monoisotopic (exact) mass is 616 g/mol. The van der Waals surface area contributed by atoms with Crippen LogP contribution in [0.4, 0.5) is 0 Å². The highest BCUT2D eigenvalue weighted by molar-refractivity contribution is 9.10. The minimum Gasteiger partial charge on any atom is -0.496 e. The van der Waals surface area contributed by atoms with E-state index in [1.807, 2.05) is 18.2 Å². The number of thiophene rings is 1. The van der Waals surface area contributed by atoms with Gasteiger partial charge in [-0.05, 0) is 73.7 Å². The van der Waals surface area contributed by atoms with E-state index in [9.17, 15) is 9.59 Å². The molecule has 0 fully saturated rings. The highest BCUT2D eigenvalue weighted by atomic mass is 79.9. The molecule has 1 aliphatic rings. The first-order chi connectivity index (χ1) is 17.9. The van der Waals surface area contributed by atoms with Crippen molar-refractivity contribution >= 4 is 73.0 Å². The number of carbonyl (C=O) groups is 1. The maximum absolute atomic E-state index is 13.8. The fraction of sp³-hybridized carbons (Fsp3) is 0.231. The van der Waals surface area contributed by atoms with Gasteiger partial charge < -0.3 is 4.74 Å². The number of fused-ring (bicyclic) bond motifs is 3. The number of rotatable bonds is 7. The molecule has 1 aliphatic carbocycles. The van der Waals surface area contributed by atoms with Crippen molar-refractivity contribution in [1.82, 2.24) is 15.0 Å². The zero-order valence-corrected chi connectivity index (χ0v) is 23.8. The van der Waals surface area contributed by atoms with Gasteiger partial charge >= 0.3 is 0 Å². The molecule has 2 aromatic heterocycles. The molecule has 0 saturated heterocycles. The van der Waals surface area contributed by atoms with Crippen LogP contribution in [0.2, 0.25) is 5.02 Å². The first kappa shape index (κ1) is 26.0. The van der Waals surface area contributed by atoms with Gasteiger partial charge in [0.1, 0.15) is 10.6 Å². The number of ether oxygens (including phenoxy) is 1. The van der Waals surface area contributed by atoms with E-state index in [2.05, 4.69) is 26.5 Å². The molecule has 0 bridgehead atoms. The van der Waals surface area contributed by atoms with E-state index >= 15 is 0 Å². The Morgan fingerprint density at radius 3 is 2.84 bits per heavy atom. The van der Waals surface area contributed by atoms with Crippen molar-refractivity contribution in [3.63, 3.8) is 0 Å². The van der Waals surface area contributed by atoms with Crippen LogP contribution in [-0.2, 0) is 17.6 Å². The van der Waals surface area contributed by atoms with Gasteiger partial charge in [-0.15, -0.1) is 11.3 Å². The second-order valence-corrected chi connectivity index (χ2v) is 11.7. The van der Waals surface area contributed by atoms with Crippen LogP contribution in [0.1, 0.15) is 28.8 Å². The van der Waals surface area contributed by atoms with Gasteiger partial charge in [-0.25, -0.2) is 10.4 Å². The average molecular weight is 618 g/mol. The summed E-state index contributed by atoms with van der Waals surface area (Å²) in [6, 6.07) is 12.6. The molecule has 0 aliphatic heterocycles. The lowest BCUT2D eigenvalue weighted by molar-refractivity contribution is -0.118. The standard InChI is InChI=1S/C26H22BrClN4O3S2/c1-35-20-11-6-16(27)12-15(20)13-29-31-22(33)14-36-26-30-24-23(19-4-2-3-5-21(19)37-24)25(34)32(26)18-9-7-17(28)8-10-18/h6-13H,2-5,14H2,1H3,(H,31,33). The highest BCUT2D eigenvalue weighted by Crippen LogP contribution is 2.35. The third kappa shape index (κ3) is 5.62. The van der Waals surface area contributed by atoms with E-state index in [4.69, 9.17) is 21.3 Å². The van der Waals surface area contributed by atoms with Crippen molar-refractivity contribution in [2.45, 2.75) is 30.8 Å². The molecule has 5 rings (SSSR count). The molecule has 0 spiro atoms. The van der Waals surface area contributed by atoms with E-state index in [1.165, 1.54) is 22.9 Å². The molecule has 4 aromatic rings. The predicted molar refractivity (Wildman–Crippen MR) is 154 cm³/mol. The molecule has 7 nitrogen and oxygen atoms in total. The van der Waals surface area contributed by atoms with Gasteiger partial charge in [-0.3, -0.25) is 14.2 Å². The molecule has 2 aromatic carbocycles. The Balaban J connectivity index is 1.41. The summed E-state index contributed by atoms with van der Waals surface area (Å²) in [7, 11) is 1.57. The van der Waals surface area contributed by atoms with Gasteiger partial charge in [0.15, 0.2) is 5.16 Å². The number of benzene rings is 2. The largest absolute Gasteiger partial charge is 0.496 e. The summed E-state index contributed by atoms with van der Waals surface area (Å²) in [5, 5.41) is 5.78. The molecular weight excluding hydrogens is 596 g/mol. The molecule has 37 heavy (non-hydrogen) atoms. The number of hydrazone groups is 1. The van der Waals surface area contributed by atoms with Crippen LogP contribution in [0.3, 0.4) is 0 Å². The smallest absolute Gasteiger partial charge is 0.267 e. The van der Waals surface area contributed by atoms with E-state index in [0.717, 1.165) is 46.1 Å². The number of aromatic nitrogens is 2. The first-order valence-electron chi connectivity index (χ1n) is 11.6. The quantitative estimate of drug-likeness (QED) is 0.119. The minimum atomic E-state index is -0.322. The van der Waals surface area contributed by atoms with E-state index in [1.54, 1.807) is 47.3 Å². The van der Waals surface area contributed by atoms with Gasteiger partial charge in [0.05, 0.1) is 30.2 Å². The SMILES string of the molecule is COc1ccc(Br)cc1C=NNC(=O)CSc1nc2sc3c(c2c(=O)n1-c1ccc(Cl)cc1)CCCC3. The van der Waals surface area contributed by atoms with Gasteiger partial charge in [-0.2, -0.15) is 5.10 Å². The Morgan fingerprint density at radius 2 is 2.05 bits per heavy atom. The van der Waals surface area contributed by atoms with Crippen LogP contribution in [0, 0.1) is 0 Å². The average Bonchev–Trinajstić information content (AvgIpc) is 3.27. The number of carbonyl (C=O) groups excluding carboxylic acids is 1. The fourth-order valence-corrected chi connectivity index (χ4v) is 6.86. The molecule has 190 valence electrons. The van der Waals surface area contributed by atoms with Crippen molar-refractivity contribution < 1.29 is 9.53 Å². The minimum absolute atomic E-state index is 0.0313. The van der Waals surface area contributed by atoms with E-state index in [-0.39, 0.29) is 17.2 Å². The number of nitrogens with zero attached hydrogens (tertiary/aromatic N) is 3. The maximum Gasteiger partial charge on any atom is 0.267 e. The number of thioether (sulfide) groups is 1. The molecule has 0 unspecified atom stereocenters. The number of aryl methyl sites for hydroxylation is 2. The van der Waals surface area contributed by atoms with Crippen LogP contribution < -0.4 is 15.7 Å². The summed E-state index contributed by atoms with van der Waals surface area (Å²) in [5.41, 5.74) is 4.92. The van der Waals surface area contributed by atoms with E-state index in [0.29, 0.717) is 27.0 Å². The van der Waals surface area contributed by atoms with Crippen LogP contribution in [0.25, 0.3) is 15.9 Å². The zero-order chi connectivity index (χ0) is 25.9. The molecule has 0 atom stereocenters. The van der Waals surface area contributed by atoms with Crippen molar-refractivity contribution in [2.24, 2.45) is 5.10 Å². The summed E-state index contributed by atoms with van der Waals surface area (Å²) in [6.07, 6.45) is 5.59. The van der Waals surface area contributed by atoms with E-state index < -0.39 is 0 Å². The van der Waals surface area contributed by atoms with Gasteiger partial charge in [0.2, 0.25) is 0 Å². The molecule has 0 saturated carbocycles. The second kappa shape index (κ2) is 11.4. The number of halogens is 2. The van der Waals surface area contributed by atoms with Gasteiger partial charge in [0.25, 0.3) is 11.5 Å². The fourth-order valence-electron chi connectivity index (χ4n) is 4.24. The van der Waals surface area contributed by atoms with Crippen molar-refractivity contribution in [3.8, 4) is 11.4 Å². The third-order valence-corrected chi connectivity index (χ3v) is 8.83. The number of amides is 1. The summed E-state index contributed by atoms with van der Waals surface area (Å²) in [5.74, 6) is 0.347. The molecule has 11 heteroatoms. The molecule has 1 amide bonds. The third-order valence-electron chi connectivity index (χ3n) is 5.96. The lowest BCUT2D eigenvalue weighted by Gasteiger charge is -2.13. The van der Waals surface area contributed by atoms with Crippen molar-refractivity contribution in [1.29, 1.82) is 0 Å². The number of nitrogens with one attached hydrogen (secondary N) is 1. The molecule has 2 heterocycles. The lowest BCUT2D eigenvalue weighted by atomic mass is 9.97.